The van der Waals surface area contributed by atoms with Gasteiger partial charge in [-0.15, -0.1) is 0 Å². The van der Waals surface area contributed by atoms with E-state index in [9.17, 15) is 9.90 Å². The lowest BCUT2D eigenvalue weighted by atomic mass is 9.78. The third kappa shape index (κ3) is 2.35. The summed E-state index contributed by atoms with van der Waals surface area (Å²) in [6, 6.07) is 16.4. The van der Waals surface area contributed by atoms with Crippen LogP contribution in [0.15, 0.2) is 60.8 Å². The molecule has 1 aromatic heterocycles. The van der Waals surface area contributed by atoms with Gasteiger partial charge in [0.15, 0.2) is 5.78 Å². The summed E-state index contributed by atoms with van der Waals surface area (Å²) < 4.78 is 0. The van der Waals surface area contributed by atoms with E-state index in [2.05, 4.69) is 4.98 Å². The highest BCUT2D eigenvalue weighted by molar-refractivity contribution is 6.05. The lowest BCUT2D eigenvalue weighted by Crippen LogP contribution is -2.29. The van der Waals surface area contributed by atoms with Gasteiger partial charge in [0.1, 0.15) is 5.75 Å². The average Bonchev–Trinajstić information content (AvgIpc) is 2.54. The van der Waals surface area contributed by atoms with E-state index in [1.807, 2.05) is 44.2 Å². The van der Waals surface area contributed by atoms with E-state index in [1.54, 1.807) is 24.4 Å². The molecule has 0 aliphatic rings. The Kier molecular flexibility index (Phi) is 3.41. The zero-order valence-electron chi connectivity index (χ0n) is 12.6. The number of carbonyl (C=O) groups excluding carboxylic acids is 1. The number of nitrogens with zero attached hydrogens (tertiary/aromatic N) is 1. The van der Waals surface area contributed by atoms with E-state index in [-0.39, 0.29) is 11.5 Å². The fourth-order valence-corrected chi connectivity index (χ4v) is 2.55. The van der Waals surface area contributed by atoms with Gasteiger partial charge in [-0.05, 0) is 43.7 Å². The van der Waals surface area contributed by atoms with Gasteiger partial charge >= 0.3 is 0 Å². The minimum atomic E-state index is -0.768. The fourth-order valence-electron chi connectivity index (χ4n) is 2.55. The standard InChI is InChI=1S/C19H17NO2/c1-19(2,18(22)15-8-4-6-10-17(15)21)14-11-13-7-3-5-9-16(13)20-12-14/h3-12,21H,1-2H3. The molecule has 0 fully saturated rings. The zero-order chi connectivity index (χ0) is 15.7. The van der Waals surface area contributed by atoms with Crippen molar-refractivity contribution in [3.8, 4) is 5.75 Å². The number of carbonyl (C=O) groups is 1. The number of benzene rings is 2. The topological polar surface area (TPSA) is 50.2 Å². The smallest absolute Gasteiger partial charge is 0.176 e. The molecule has 0 amide bonds. The molecule has 0 radical (unpaired) electrons. The molecule has 3 aromatic rings. The SMILES string of the molecule is CC(C)(C(=O)c1ccccc1O)c1cnc2ccccc2c1. The molecule has 110 valence electrons. The molecule has 0 bridgehead atoms. The summed E-state index contributed by atoms with van der Waals surface area (Å²) in [5, 5.41) is 10.9. The quantitative estimate of drug-likeness (QED) is 0.739. The number of aromatic hydroxyl groups is 1. The Morgan fingerprint density at radius 1 is 1.05 bits per heavy atom. The Bertz CT molecular complexity index is 853. The number of para-hydroxylation sites is 2. The first-order valence-corrected chi connectivity index (χ1v) is 7.18. The van der Waals surface area contributed by atoms with Crippen molar-refractivity contribution in [2.45, 2.75) is 19.3 Å². The number of fused-ring (bicyclic) bond motifs is 1. The van der Waals surface area contributed by atoms with Crippen LogP contribution in [0.2, 0.25) is 0 Å². The van der Waals surface area contributed by atoms with Gasteiger partial charge in [0.2, 0.25) is 0 Å². The lowest BCUT2D eigenvalue weighted by Gasteiger charge is -2.24. The summed E-state index contributed by atoms with van der Waals surface area (Å²) in [4.78, 5) is 17.3. The molecular formula is C19H17NO2. The van der Waals surface area contributed by atoms with Gasteiger partial charge in [-0.3, -0.25) is 9.78 Å². The van der Waals surface area contributed by atoms with Gasteiger partial charge in [0, 0.05) is 11.6 Å². The molecule has 1 heterocycles. The first-order valence-electron chi connectivity index (χ1n) is 7.18. The highest BCUT2D eigenvalue weighted by Gasteiger charge is 2.32. The molecule has 0 spiro atoms. The molecule has 0 saturated heterocycles. The molecule has 0 unspecified atom stereocenters. The van der Waals surface area contributed by atoms with Crippen molar-refractivity contribution in [2.24, 2.45) is 0 Å². The average molecular weight is 291 g/mol. The number of hydrogen-bond donors (Lipinski definition) is 1. The molecule has 0 aliphatic carbocycles. The zero-order valence-corrected chi connectivity index (χ0v) is 12.6. The van der Waals surface area contributed by atoms with Crippen molar-refractivity contribution in [1.29, 1.82) is 0 Å². The molecule has 0 aliphatic heterocycles. The maximum absolute atomic E-state index is 12.8. The van der Waals surface area contributed by atoms with E-state index >= 15 is 0 Å². The highest BCUT2D eigenvalue weighted by atomic mass is 16.3. The summed E-state index contributed by atoms with van der Waals surface area (Å²) in [6.07, 6.45) is 1.74. The van der Waals surface area contributed by atoms with E-state index in [0.29, 0.717) is 5.56 Å². The van der Waals surface area contributed by atoms with Crippen LogP contribution in [0.1, 0.15) is 29.8 Å². The van der Waals surface area contributed by atoms with Crippen molar-refractivity contribution in [3.63, 3.8) is 0 Å². The van der Waals surface area contributed by atoms with Gasteiger partial charge in [0.25, 0.3) is 0 Å². The molecule has 0 atom stereocenters. The van der Waals surface area contributed by atoms with Crippen LogP contribution in [0.5, 0.6) is 5.75 Å². The first kappa shape index (κ1) is 14.3. The van der Waals surface area contributed by atoms with Crippen LogP contribution in [0.25, 0.3) is 10.9 Å². The molecule has 1 N–H and O–H groups in total. The Labute approximate surface area is 129 Å². The van der Waals surface area contributed by atoms with E-state index in [0.717, 1.165) is 16.5 Å². The predicted molar refractivity (Wildman–Crippen MR) is 87.2 cm³/mol. The summed E-state index contributed by atoms with van der Waals surface area (Å²) in [7, 11) is 0. The molecule has 0 saturated carbocycles. The monoisotopic (exact) mass is 291 g/mol. The third-order valence-corrected chi connectivity index (χ3v) is 4.03. The molecule has 2 aromatic carbocycles. The Balaban J connectivity index is 2.07. The first-order chi connectivity index (χ1) is 10.5. The number of hydrogen-bond acceptors (Lipinski definition) is 3. The minimum absolute atomic E-state index is 0.00863. The van der Waals surface area contributed by atoms with Gasteiger partial charge in [0.05, 0.1) is 16.5 Å². The largest absolute Gasteiger partial charge is 0.507 e. The lowest BCUT2D eigenvalue weighted by molar-refractivity contribution is 0.0906. The second-order valence-electron chi connectivity index (χ2n) is 5.89. The molecule has 3 nitrogen and oxygen atoms in total. The number of pyridine rings is 1. The number of phenolic OH excluding ortho intramolecular Hbond substituents is 1. The van der Waals surface area contributed by atoms with E-state index < -0.39 is 5.41 Å². The molecule has 3 rings (SSSR count). The van der Waals surface area contributed by atoms with Crippen molar-refractivity contribution >= 4 is 16.7 Å². The van der Waals surface area contributed by atoms with Gasteiger partial charge in [-0.2, -0.15) is 0 Å². The third-order valence-electron chi connectivity index (χ3n) is 4.03. The number of aromatic nitrogens is 1. The summed E-state index contributed by atoms with van der Waals surface area (Å²) in [6.45, 7) is 3.71. The normalized spacial score (nSPS) is 11.5. The van der Waals surface area contributed by atoms with Crippen molar-refractivity contribution in [1.82, 2.24) is 4.98 Å². The van der Waals surface area contributed by atoms with E-state index in [4.69, 9.17) is 0 Å². The minimum Gasteiger partial charge on any atom is -0.507 e. The van der Waals surface area contributed by atoms with Crippen molar-refractivity contribution in [2.75, 3.05) is 0 Å². The van der Waals surface area contributed by atoms with Crippen molar-refractivity contribution < 1.29 is 9.90 Å². The Morgan fingerprint density at radius 2 is 1.73 bits per heavy atom. The van der Waals surface area contributed by atoms with Gasteiger partial charge < -0.3 is 5.11 Å². The van der Waals surface area contributed by atoms with Crippen LogP contribution in [-0.4, -0.2) is 15.9 Å². The summed E-state index contributed by atoms with van der Waals surface area (Å²) >= 11 is 0. The second-order valence-corrected chi connectivity index (χ2v) is 5.89. The second kappa shape index (κ2) is 5.26. The molecule has 22 heavy (non-hydrogen) atoms. The summed E-state index contributed by atoms with van der Waals surface area (Å²) in [5.74, 6) is -0.114. The highest BCUT2D eigenvalue weighted by Crippen LogP contribution is 2.31. The van der Waals surface area contributed by atoms with Crippen LogP contribution in [0.4, 0.5) is 0 Å². The number of ketones is 1. The number of rotatable bonds is 3. The van der Waals surface area contributed by atoms with Gasteiger partial charge in [-0.1, -0.05) is 30.3 Å². The van der Waals surface area contributed by atoms with Crippen LogP contribution in [0.3, 0.4) is 0 Å². The number of Topliss-reactive ketones (excluding diaryl/α,β-unsaturated/α-hetero) is 1. The van der Waals surface area contributed by atoms with Crippen LogP contribution >= 0.6 is 0 Å². The van der Waals surface area contributed by atoms with Crippen LogP contribution < -0.4 is 0 Å². The van der Waals surface area contributed by atoms with Crippen molar-refractivity contribution in [3.05, 3.63) is 71.9 Å². The van der Waals surface area contributed by atoms with Gasteiger partial charge in [-0.25, -0.2) is 0 Å². The van der Waals surface area contributed by atoms with Crippen LogP contribution in [-0.2, 0) is 5.41 Å². The Morgan fingerprint density at radius 3 is 2.50 bits per heavy atom. The van der Waals surface area contributed by atoms with Crippen LogP contribution in [0, 0.1) is 0 Å². The van der Waals surface area contributed by atoms with E-state index in [1.165, 1.54) is 6.07 Å². The maximum Gasteiger partial charge on any atom is 0.176 e. The fraction of sp³-hybridized carbons (Fsp3) is 0.158. The molecular weight excluding hydrogens is 274 g/mol. The summed E-state index contributed by atoms with van der Waals surface area (Å²) in [5.41, 5.74) is 1.30. The predicted octanol–water partition coefficient (Wildman–Crippen LogP) is 4.10. The number of phenols is 1. The Hall–Kier alpha value is -2.68. The maximum atomic E-state index is 12.8. The molecule has 3 heteroatoms.